The molecule has 1 rings (SSSR count). The summed E-state index contributed by atoms with van der Waals surface area (Å²) in [6.07, 6.45) is 0.0569. The van der Waals surface area contributed by atoms with Gasteiger partial charge in [0.05, 0.1) is 6.10 Å². The highest BCUT2D eigenvalue weighted by molar-refractivity contribution is 5.83. The number of benzene rings is 1. The second kappa shape index (κ2) is 6.05. The molecule has 1 aromatic carbocycles. The van der Waals surface area contributed by atoms with E-state index < -0.39 is 12.0 Å². The summed E-state index contributed by atoms with van der Waals surface area (Å²) in [6.45, 7) is 5.10. The molecule has 0 aliphatic rings. The van der Waals surface area contributed by atoms with E-state index in [9.17, 15) is 9.59 Å². The summed E-state index contributed by atoms with van der Waals surface area (Å²) in [5.41, 5.74) is 0.508. The molecule has 0 radical (unpaired) electrons. The first-order valence-electron chi connectivity index (χ1n) is 5.66. The van der Waals surface area contributed by atoms with Crippen molar-refractivity contribution in [3.63, 3.8) is 0 Å². The van der Waals surface area contributed by atoms with Crippen LogP contribution in [0.25, 0.3) is 0 Å². The van der Waals surface area contributed by atoms with Gasteiger partial charge in [0.15, 0.2) is 6.04 Å². The maximum atomic E-state index is 11.1. The van der Waals surface area contributed by atoms with E-state index in [0.29, 0.717) is 11.3 Å². The summed E-state index contributed by atoms with van der Waals surface area (Å²) < 4.78 is 5.46. The minimum atomic E-state index is -1.09. The molecule has 5 nitrogen and oxygen atoms in total. The fourth-order valence-corrected chi connectivity index (χ4v) is 1.50. The third-order valence-corrected chi connectivity index (χ3v) is 2.18. The second-order valence-electron chi connectivity index (χ2n) is 4.21. The van der Waals surface area contributed by atoms with Crippen molar-refractivity contribution < 1.29 is 19.4 Å². The molecule has 1 aromatic rings. The molecule has 2 N–H and O–H groups in total. The minimum Gasteiger partial charge on any atom is -0.491 e. The van der Waals surface area contributed by atoms with Crippen molar-refractivity contribution in [1.82, 2.24) is 5.32 Å². The molecule has 1 unspecified atom stereocenters. The molecule has 1 atom stereocenters. The molecule has 98 valence electrons. The number of amides is 1. The highest BCUT2D eigenvalue weighted by Gasteiger charge is 2.20. The molecule has 0 bridgehead atoms. The van der Waals surface area contributed by atoms with Crippen LogP contribution in [0.4, 0.5) is 0 Å². The van der Waals surface area contributed by atoms with Crippen molar-refractivity contribution in [2.75, 3.05) is 0 Å². The summed E-state index contributed by atoms with van der Waals surface area (Å²) in [4.78, 5) is 22.0. The van der Waals surface area contributed by atoms with Crippen molar-refractivity contribution in [3.8, 4) is 5.75 Å². The summed E-state index contributed by atoms with van der Waals surface area (Å²) in [5.74, 6) is -0.812. The monoisotopic (exact) mass is 251 g/mol. The maximum Gasteiger partial charge on any atom is 0.330 e. The van der Waals surface area contributed by atoms with Gasteiger partial charge in [-0.25, -0.2) is 4.79 Å². The van der Waals surface area contributed by atoms with Gasteiger partial charge < -0.3 is 15.2 Å². The Balaban J connectivity index is 2.86. The molecule has 18 heavy (non-hydrogen) atoms. The topological polar surface area (TPSA) is 75.6 Å². The standard InChI is InChI=1S/C13H17NO4/c1-8(2)18-11-6-4-10(5-7-11)12(13(16)17)14-9(3)15/h4-8,12H,1-3H3,(H,14,15)(H,16,17). The van der Waals surface area contributed by atoms with Gasteiger partial charge in [0.25, 0.3) is 0 Å². The second-order valence-corrected chi connectivity index (χ2v) is 4.21. The van der Waals surface area contributed by atoms with E-state index in [0.717, 1.165) is 0 Å². The van der Waals surface area contributed by atoms with Crippen LogP contribution in [0.2, 0.25) is 0 Å². The van der Waals surface area contributed by atoms with Crippen LogP contribution < -0.4 is 10.1 Å². The predicted octanol–water partition coefficient (Wildman–Crippen LogP) is 1.74. The smallest absolute Gasteiger partial charge is 0.330 e. The molecule has 5 heteroatoms. The lowest BCUT2D eigenvalue weighted by atomic mass is 10.1. The molecular formula is C13H17NO4. The molecule has 0 aliphatic heterocycles. The first-order chi connectivity index (χ1) is 8.40. The molecule has 0 aliphatic carbocycles. The summed E-state index contributed by atoms with van der Waals surface area (Å²) in [5, 5.41) is 11.4. The zero-order valence-corrected chi connectivity index (χ0v) is 10.6. The Morgan fingerprint density at radius 2 is 1.78 bits per heavy atom. The molecule has 0 aromatic heterocycles. The summed E-state index contributed by atoms with van der Waals surface area (Å²) in [7, 11) is 0. The van der Waals surface area contributed by atoms with Crippen LogP contribution in [0.3, 0.4) is 0 Å². The summed E-state index contributed by atoms with van der Waals surface area (Å²) >= 11 is 0. The molecule has 0 spiro atoms. The van der Waals surface area contributed by atoms with E-state index in [1.807, 2.05) is 13.8 Å². The number of carbonyl (C=O) groups excluding carboxylic acids is 1. The number of rotatable bonds is 5. The predicted molar refractivity (Wildman–Crippen MR) is 66.4 cm³/mol. The Bertz CT molecular complexity index is 425. The SMILES string of the molecule is CC(=O)NC(C(=O)O)c1ccc(OC(C)C)cc1. The Morgan fingerprint density at radius 1 is 1.22 bits per heavy atom. The van der Waals surface area contributed by atoms with Crippen LogP contribution in [-0.2, 0) is 9.59 Å². The number of hydrogen-bond acceptors (Lipinski definition) is 3. The average Bonchev–Trinajstić information content (AvgIpc) is 2.26. The van der Waals surface area contributed by atoms with Gasteiger partial charge in [-0.2, -0.15) is 0 Å². The highest BCUT2D eigenvalue weighted by Crippen LogP contribution is 2.19. The highest BCUT2D eigenvalue weighted by atomic mass is 16.5. The lowest BCUT2D eigenvalue weighted by molar-refractivity contribution is -0.141. The van der Waals surface area contributed by atoms with Crippen LogP contribution in [0.15, 0.2) is 24.3 Å². The normalized spacial score (nSPS) is 12.0. The van der Waals surface area contributed by atoms with Gasteiger partial charge in [0.1, 0.15) is 5.75 Å². The number of carboxylic acid groups (broad SMARTS) is 1. The first-order valence-corrected chi connectivity index (χ1v) is 5.66. The van der Waals surface area contributed by atoms with Crippen molar-refractivity contribution >= 4 is 11.9 Å². The van der Waals surface area contributed by atoms with Crippen molar-refractivity contribution in [1.29, 1.82) is 0 Å². The number of aliphatic carboxylic acids is 1. The molecule has 1 amide bonds. The minimum absolute atomic E-state index is 0.0569. The lowest BCUT2D eigenvalue weighted by Gasteiger charge is -2.15. The van der Waals surface area contributed by atoms with E-state index in [-0.39, 0.29) is 12.0 Å². The molecular weight excluding hydrogens is 234 g/mol. The first kappa shape index (κ1) is 14.0. The van der Waals surface area contributed by atoms with E-state index in [4.69, 9.17) is 9.84 Å². The third-order valence-electron chi connectivity index (χ3n) is 2.18. The van der Waals surface area contributed by atoms with Crippen molar-refractivity contribution in [2.24, 2.45) is 0 Å². The zero-order valence-electron chi connectivity index (χ0n) is 10.6. The van der Waals surface area contributed by atoms with Gasteiger partial charge in [-0.15, -0.1) is 0 Å². The van der Waals surface area contributed by atoms with Crippen LogP contribution in [0, 0.1) is 0 Å². The van der Waals surface area contributed by atoms with E-state index in [1.54, 1.807) is 24.3 Å². The number of hydrogen-bond donors (Lipinski definition) is 2. The average molecular weight is 251 g/mol. The number of carbonyl (C=O) groups is 2. The zero-order chi connectivity index (χ0) is 13.7. The Hall–Kier alpha value is -2.04. The van der Waals surface area contributed by atoms with Crippen molar-refractivity contribution in [2.45, 2.75) is 32.9 Å². The fraction of sp³-hybridized carbons (Fsp3) is 0.385. The van der Waals surface area contributed by atoms with Crippen molar-refractivity contribution in [3.05, 3.63) is 29.8 Å². The summed E-state index contributed by atoms with van der Waals surface area (Å²) in [6, 6.07) is 5.61. The van der Waals surface area contributed by atoms with Gasteiger partial charge in [-0.05, 0) is 31.5 Å². The number of carboxylic acids is 1. The van der Waals surface area contributed by atoms with Gasteiger partial charge in [0, 0.05) is 6.92 Å². The van der Waals surface area contributed by atoms with Gasteiger partial charge in [-0.1, -0.05) is 12.1 Å². The largest absolute Gasteiger partial charge is 0.491 e. The molecule has 0 fully saturated rings. The van der Waals surface area contributed by atoms with Gasteiger partial charge in [0.2, 0.25) is 5.91 Å². The maximum absolute atomic E-state index is 11.1. The van der Waals surface area contributed by atoms with Crippen LogP contribution >= 0.6 is 0 Å². The third kappa shape index (κ3) is 4.08. The van der Waals surface area contributed by atoms with E-state index >= 15 is 0 Å². The Kier molecular flexibility index (Phi) is 4.71. The van der Waals surface area contributed by atoms with Gasteiger partial charge in [-0.3, -0.25) is 4.79 Å². The number of ether oxygens (including phenoxy) is 1. The van der Waals surface area contributed by atoms with Crippen LogP contribution in [-0.4, -0.2) is 23.1 Å². The number of nitrogens with one attached hydrogen (secondary N) is 1. The Labute approximate surface area is 106 Å². The fourth-order valence-electron chi connectivity index (χ4n) is 1.50. The Morgan fingerprint density at radius 3 is 2.17 bits per heavy atom. The van der Waals surface area contributed by atoms with Crippen LogP contribution in [0.1, 0.15) is 32.4 Å². The quantitative estimate of drug-likeness (QED) is 0.835. The van der Waals surface area contributed by atoms with E-state index in [2.05, 4.69) is 5.32 Å². The van der Waals surface area contributed by atoms with Gasteiger partial charge >= 0.3 is 5.97 Å². The molecule has 0 saturated heterocycles. The van der Waals surface area contributed by atoms with Crippen LogP contribution in [0.5, 0.6) is 5.75 Å². The molecule has 0 saturated carbocycles. The van der Waals surface area contributed by atoms with E-state index in [1.165, 1.54) is 6.92 Å². The lowest BCUT2D eigenvalue weighted by Crippen LogP contribution is -2.31. The molecule has 0 heterocycles.